The molecule has 0 spiro atoms. The zero-order valence-electron chi connectivity index (χ0n) is 11.7. The molecular weight excluding hydrogens is 244 g/mol. The molecule has 19 heavy (non-hydrogen) atoms. The fraction of sp³-hybridized carbons (Fsp3) is 0.857. The van der Waals surface area contributed by atoms with E-state index in [1.54, 1.807) is 11.8 Å². The number of rotatable bonds is 3. The lowest BCUT2D eigenvalue weighted by atomic mass is 9.97. The summed E-state index contributed by atoms with van der Waals surface area (Å²) in [5.41, 5.74) is 0. The first-order valence-corrected chi connectivity index (χ1v) is 7.42. The standard InChI is InChI=1S/C14H24N2O3/c1-2-19-14(18)16-9-5-6-11(10-16)13(17)15-12-7-3-4-8-12/h11-12H,2-10H2,1H3,(H,15,17). The van der Waals surface area contributed by atoms with Crippen LogP contribution in [-0.2, 0) is 9.53 Å². The number of carbonyl (C=O) groups is 2. The number of ether oxygens (including phenoxy) is 1. The van der Waals surface area contributed by atoms with E-state index in [1.165, 1.54) is 12.8 Å². The van der Waals surface area contributed by atoms with Crippen molar-refractivity contribution in [3.05, 3.63) is 0 Å². The Morgan fingerprint density at radius 3 is 2.63 bits per heavy atom. The number of hydrogen-bond acceptors (Lipinski definition) is 3. The molecule has 2 aliphatic rings. The van der Waals surface area contributed by atoms with Crippen LogP contribution in [0.1, 0.15) is 45.4 Å². The van der Waals surface area contributed by atoms with Crippen LogP contribution in [0.2, 0.25) is 0 Å². The van der Waals surface area contributed by atoms with Crippen molar-refractivity contribution in [2.24, 2.45) is 5.92 Å². The highest BCUT2D eigenvalue weighted by molar-refractivity contribution is 5.80. The molecule has 5 heteroatoms. The highest BCUT2D eigenvalue weighted by Gasteiger charge is 2.30. The Kier molecular flexibility index (Phi) is 5.05. The summed E-state index contributed by atoms with van der Waals surface area (Å²) in [6.45, 7) is 3.38. The summed E-state index contributed by atoms with van der Waals surface area (Å²) in [6, 6.07) is 0.352. The SMILES string of the molecule is CCOC(=O)N1CCCC(C(=O)NC2CCCC2)C1. The second kappa shape index (κ2) is 6.78. The van der Waals surface area contributed by atoms with E-state index in [2.05, 4.69) is 5.32 Å². The molecule has 0 aromatic heterocycles. The lowest BCUT2D eigenvalue weighted by Crippen LogP contribution is -2.47. The predicted molar refractivity (Wildman–Crippen MR) is 71.7 cm³/mol. The number of piperidine rings is 1. The molecule has 2 rings (SSSR count). The van der Waals surface area contributed by atoms with Crippen LogP contribution >= 0.6 is 0 Å². The molecule has 1 atom stereocenters. The van der Waals surface area contributed by atoms with Crippen LogP contribution in [0.3, 0.4) is 0 Å². The number of amides is 2. The third-order valence-electron chi connectivity index (χ3n) is 4.02. The van der Waals surface area contributed by atoms with Crippen LogP contribution in [0.5, 0.6) is 0 Å². The first-order valence-electron chi connectivity index (χ1n) is 7.42. The second-order valence-electron chi connectivity index (χ2n) is 5.47. The van der Waals surface area contributed by atoms with Gasteiger partial charge in [-0.2, -0.15) is 0 Å². The molecule has 2 fully saturated rings. The Morgan fingerprint density at radius 1 is 1.21 bits per heavy atom. The van der Waals surface area contributed by atoms with E-state index in [1.807, 2.05) is 0 Å². The van der Waals surface area contributed by atoms with Crippen molar-refractivity contribution < 1.29 is 14.3 Å². The molecule has 0 aromatic rings. The zero-order valence-corrected chi connectivity index (χ0v) is 11.7. The maximum Gasteiger partial charge on any atom is 0.409 e. The highest BCUT2D eigenvalue weighted by atomic mass is 16.6. The average Bonchev–Trinajstić information content (AvgIpc) is 2.92. The van der Waals surface area contributed by atoms with Crippen molar-refractivity contribution in [1.82, 2.24) is 10.2 Å². The molecule has 5 nitrogen and oxygen atoms in total. The molecule has 1 saturated heterocycles. The Balaban J connectivity index is 1.82. The summed E-state index contributed by atoms with van der Waals surface area (Å²) in [5, 5.41) is 3.12. The van der Waals surface area contributed by atoms with Gasteiger partial charge in [-0.15, -0.1) is 0 Å². The molecule has 1 aliphatic carbocycles. The summed E-state index contributed by atoms with van der Waals surface area (Å²) in [6.07, 6.45) is 6.08. The molecular formula is C14H24N2O3. The molecule has 0 aromatic carbocycles. The van der Waals surface area contributed by atoms with E-state index < -0.39 is 0 Å². The van der Waals surface area contributed by atoms with Gasteiger partial charge in [0.1, 0.15) is 0 Å². The van der Waals surface area contributed by atoms with Crippen LogP contribution < -0.4 is 5.32 Å². The summed E-state index contributed by atoms with van der Waals surface area (Å²) >= 11 is 0. The number of nitrogens with one attached hydrogen (secondary N) is 1. The van der Waals surface area contributed by atoms with Gasteiger partial charge in [0.05, 0.1) is 12.5 Å². The fourth-order valence-electron chi connectivity index (χ4n) is 2.96. The average molecular weight is 268 g/mol. The van der Waals surface area contributed by atoms with Gasteiger partial charge in [-0.1, -0.05) is 12.8 Å². The molecule has 0 radical (unpaired) electrons. The van der Waals surface area contributed by atoms with Gasteiger partial charge in [0, 0.05) is 19.1 Å². The monoisotopic (exact) mass is 268 g/mol. The fourth-order valence-corrected chi connectivity index (χ4v) is 2.96. The minimum absolute atomic E-state index is 0.0706. The maximum absolute atomic E-state index is 12.2. The minimum Gasteiger partial charge on any atom is -0.450 e. The Labute approximate surface area is 114 Å². The second-order valence-corrected chi connectivity index (χ2v) is 5.47. The number of hydrogen-bond donors (Lipinski definition) is 1. The van der Waals surface area contributed by atoms with Gasteiger partial charge in [-0.3, -0.25) is 4.79 Å². The summed E-state index contributed by atoms with van der Waals surface area (Å²) in [4.78, 5) is 25.5. The maximum atomic E-state index is 12.2. The smallest absolute Gasteiger partial charge is 0.409 e. The third kappa shape index (κ3) is 3.85. The lowest BCUT2D eigenvalue weighted by molar-refractivity contribution is -0.127. The highest BCUT2D eigenvalue weighted by Crippen LogP contribution is 2.21. The first-order chi connectivity index (χ1) is 9.20. The van der Waals surface area contributed by atoms with Crippen LogP contribution in [-0.4, -0.2) is 42.6 Å². The van der Waals surface area contributed by atoms with E-state index in [4.69, 9.17) is 4.74 Å². The van der Waals surface area contributed by atoms with Gasteiger partial charge >= 0.3 is 6.09 Å². The van der Waals surface area contributed by atoms with Gasteiger partial charge < -0.3 is 15.0 Å². The van der Waals surface area contributed by atoms with Gasteiger partial charge in [-0.05, 0) is 32.6 Å². The largest absolute Gasteiger partial charge is 0.450 e. The predicted octanol–water partition coefficient (Wildman–Crippen LogP) is 1.91. The number of nitrogens with zero attached hydrogens (tertiary/aromatic N) is 1. The molecule has 1 unspecified atom stereocenters. The van der Waals surface area contributed by atoms with Crippen LogP contribution in [0.4, 0.5) is 4.79 Å². The summed E-state index contributed by atoms with van der Waals surface area (Å²) in [7, 11) is 0. The molecule has 2 amide bonds. The van der Waals surface area contributed by atoms with Crippen LogP contribution in [0.25, 0.3) is 0 Å². The molecule has 1 N–H and O–H groups in total. The topological polar surface area (TPSA) is 58.6 Å². The Hall–Kier alpha value is -1.26. The molecule has 1 heterocycles. The van der Waals surface area contributed by atoms with E-state index in [0.29, 0.717) is 25.7 Å². The molecule has 1 aliphatic heterocycles. The van der Waals surface area contributed by atoms with Crippen LogP contribution in [0, 0.1) is 5.92 Å². The summed E-state index contributed by atoms with van der Waals surface area (Å²) < 4.78 is 5.00. The lowest BCUT2D eigenvalue weighted by Gasteiger charge is -2.31. The summed E-state index contributed by atoms with van der Waals surface area (Å²) in [5.74, 6) is 0.0413. The third-order valence-corrected chi connectivity index (χ3v) is 4.02. The minimum atomic E-state index is -0.291. The Bertz CT molecular complexity index is 327. The van der Waals surface area contributed by atoms with Crippen LogP contribution in [0.15, 0.2) is 0 Å². The first kappa shape index (κ1) is 14.2. The zero-order chi connectivity index (χ0) is 13.7. The van der Waals surface area contributed by atoms with Crippen molar-refractivity contribution in [3.8, 4) is 0 Å². The van der Waals surface area contributed by atoms with E-state index in [-0.39, 0.29) is 17.9 Å². The van der Waals surface area contributed by atoms with Crippen molar-refractivity contribution in [2.75, 3.05) is 19.7 Å². The van der Waals surface area contributed by atoms with E-state index in [9.17, 15) is 9.59 Å². The van der Waals surface area contributed by atoms with Crippen molar-refractivity contribution in [1.29, 1.82) is 0 Å². The van der Waals surface area contributed by atoms with Crippen molar-refractivity contribution in [3.63, 3.8) is 0 Å². The quantitative estimate of drug-likeness (QED) is 0.850. The van der Waals surface area contributed by atoms with Crippen molar-refractivity contribution in [2.45, 2.75) is 51.5 Å². The number of carbonyl (C=O) groups excluding carboxylic acids is 2. The van der Waals surface area contributed by atoms with Gasteiger partial charge in [0.25, 0.3) is 0 Å². The van der Waals surface area contributed by atoms with Gasteiger partial charge in [0.2, 0.25) is 5.91 Å². The number of likely N-dealkylation sites (tertiary alicyclic amines) is 1. The van der Waals surface area contributed by atoms with Gasteiger partial charge in [0.15, 0.2) is 0 Å². The van der Waals surface area contributed by atoms with E-state index in [0.717, 1.165) is 25.7 Å². The Morgan fingerprint density at radius 2 is 1.95 bits per heavy atom. The molecule has 1 saturated carbocycles. The molecule has 108 valence electrons. The normalized spacial score (nSPS) is 24.3. The van der Waals surface area contributed by atoms with Gasteiger partial charge in [-0.25, -0.2) is 4.79 Å². The van der Waals surface area contributed by atoms with E-state index >= 15 is 0 Å². The van der Waals surface area contributed by atoms with Crippen molar-refractivity contribution >= 4 is 12.0 Å². The molecule has 0 bridgehead atoms.